The summed E-state index contributed by atoms with van der Waals surface area (Å²) in [6, 6.07) is 0. The molecule has 9 heteroatoms. The first-order valence-corrected chi connectivity index (χ1v) is 7.52. The normalized spacial score (nSPS) is 17.5. The van der Waals surface area contributed by atoms with Gasteiger partial charge in [-0.3, -0.25) is 0 Å². The molecule has 0 unspecified atom stereocenters. The van der Waals surface area contributed by atoms with E-state index in [1.807, 2.05) is 0 Å². The molecule has 17 heavy (non-hydrogen) atoms. The van der Waals surface area contributed by atoms with E-state index in [0.717, 1.165) is 0 Å². The van der Waals surface area contributed by atoms with Gasteiger partial charge in [-0.15, -0.1) is 0 Å². The van der Waals surface area contributed by atoms with Crippen LogP contribution in [-0.4, -0.2) is 0 Å². The summed E-state index contributed by atoms with van der Waals surface area (Å²) in [5, 5.41) is 0. The fourth-order valence-electron chi connectivity index (χ4n) is 0.633. The second-order valence-corrected chi connectivity index (χ2v) is 5.76. The first kappa shape index (κ1) is 16.4. The summed E-state index contributed by atoms with van der Waals surface area (Å²) in [7, 11) is -10.00. The first-order valence-electron chi connectivity index (χ1n) is 4.60. The Balaban J connectivity index is 5.08. The van der Waals surface area contributed by atoms with Crippen molar-refractivity contribution in [2.45, 2.75) is 27.7 Å². The maximum Gasteiger partial charge on any atom is 0.590 e. The van der Waals surface area contributed by atoms with Crippen LogP contribution in [0.4, 0.5) is 0 Å². The Morgan fingerprint density at radius 3 is 1.59 bits per heavy atom. The van der Waals surface area contributed by atoms with Crippen LogP contribution in [0.2, 0.25) is 0 Å². The van der Waals surface area contributed by atoms with Crippen molar-refractivity contribution in [2.75, 3.05) is 0 Å². The SMILES string of the molecule is CC=C(C)OP(=O)(OC(C)=CC)OP(=O)([O-])[O-]. The zero-order valence-electron chi connectivity index (χ0n) is 9.91. The minimum Gasteiger partial charge on any atom is -0.789 e. The largest absolute Gasteiger partial charge is 0.789 e. The number of phosphoric ester groups is 1. The quantitative estimate of drug-likeness (QED) is 0.540. The topological polar surface area (TPSA) is 108 Å². The monoisotopic (exact) mass is 284 g/mol. The fraction of sp³-hybridized carbons (Fsp3) is 0.500. The maximum atomic E-state index is 11.8. The molecule has 0 aliphatic carbocycles. The third-order valence-electron chi connectivity index (χ3n) is 1.52. The molecule has 0 saturated carbocycles. The van der Waals surface area contributed by atoms with Gasteiger partial charge in [0.15, 0.2) is 0 Å². The average Bonchev–Trinajstić information content (AvgIpc) is 2.13. The second-order valence-electron chi connectivity index (χ2n) is 2.96. The third-order valence-corrected chi connectivity index (χ3v) is 4.15. The molecule has 100 valence electrons. The molecule has 0 aromatic carbocycles. The van der Waals surface area contributed by atoms with Crippen molar-refractivity contribution < 1.29 is 32.3 Å². The lowest BCUT2D eigenvalue weighted by Crippen LogP contribution is -2.16. The summed E-state index contributed by atoms with van der Waals surface area (Å²) < 4.78 is 35.5. The van der Waals surface area contributed by atoms with Crippen LogP contribution in [0.1, 0.15) is 27.7 Å². The lowest BCUT2D eigenvalue weighted by molar-refractivity contribution is -0.334. The van der Waals surface area contributed by atoms with Crippen LogP contribution in [0.15, 0.2) is 23.7 Å². The molecule has 0 bridgehead atoms. The number of hydrogen-bond acceptors (Lipinski definition) is 7. The smallest absolute Gasteiger partial charge is 0.590 e. The molecule has 7 nitrogen and oxygen atoms in total. The molecule has 0 aliphatic heterocycles. The molecule has 0 saturated heterocycles. The molecule has 0 spiro atoms. The van der Waals surface area contributed by atoms with Gasteiger partial charge in [-0.2, -0.15) is 0 Å². The van der Waals surface area contributed by atoms with Crippen LogP contribution >= 0.6 is 15.6 Å². The summed E-state index contributed by atoms with van der Waals surface area (Å²) in [6.45, 7) is 5.95. The van der Waals surface area contributed by atoms with Gasteiger partial charge in [0.2, 0.25) is 0 Å². The summed E-state index contributed by atoms with van der Waals surface area (Å²) in [5.74, 6) is 0.205. The summed E-state index contributed by atoms with van der Waals surface area (Å²) in [5.41, 5.74) is 0. The molecule has 0 heterocycles. The van der Waals surface area contributed by atoms with Crippen molar-refractivity contribution in [3.8, 4) is 0 Å². The predicted octanol–water partition coefficient (Wildman–Crippen LogP) is 1.82. The Labute approximate surface area is 99.9 Å². The van der Waals surface area contributed by atoms with E-state index in [4.69, 9.17) is 9.05 Å². The van der Waals surface area contributed by atoms with Gasteiger partial charge in [-0.1, -0.05) is 0 Å². The number of allylic oxidation sites excluding steroid dienone is 4. The molecule has 0 radical (unpaired) electrons. The zero-order valence-corrected chi connectivity index (χ0v) is 11.7. The number of hydrogen-bond donors (Lipinski definition) is 0. The van der Waals surface area contributed by atoms with Crippen LogP contribution in [0.5, 0.6) is 0 Å². The molecular weight excluding hydrogens is 270 g/mol. The van der Waals surface area contributed by atoms with Gasteiger partial charge in [0, 0.05) is 0 Å². The van der Waals surface area contributed by atoms with Crippen LogP contribution < -0.4 is 9.79 Å². The van der Waals surface area contributed by atoms with E-state index < -0.39 is 15.6 Å². The van der Waals surface area contributed by atoms with E-state index >= 15 is 0 Å². The summed E-state index contributed by atoms with van der Waals surface area (Å²) >= 11 is 0. The molecular formula is C8H14O7P2-2. The van der Waals surface area contributed by atoms with E-state index in [2.05, 4.69) is 4.31 Å². The maximum absolute atomic E-state index is 11.8. The zero-order chi connectivity index (χ0) is 13.7. The van der Waals surface area contributed by atoms with E-state index in [1.54, 1.807) is 13.8 Å². The highest BCUT2D eigenvalue weighted by Crippen LogP contribution is 2.60. The highest BCUT2D eigenvalue weighted by molar-refractivity contribution is 7.60. The van der Waals surface area contributed by atoms with Gasteiger partial charge in [0.05, 0.1) is 7.82 Å². The van der Waals surface area contributed by atoms with E-state index in [-0.39, 0.29) is 11.5 Å². The van der Waals surface area contributed by atoms with Gasteiger partial charge in [-0.05, 0) is 39.8 Å². The van der Waals surface area contributed by atoms with Gasteiger partial charge >= 0.3 is 7.82 Å². The average molecular weight is 284 g/mol. The fourth-order valence-corrected chi connectivity index (χ4v) is 2.83. The second kappa shape index (κ2) is 6.38. The molecule has 0 rings (SSSR count). The van der Waals surface area contributed by atoms with Gasteiger partial charge in [-0.25, -0.2) is 8.88 Å². The number of rotatable bonds is 6. The van der Waals surface area contributed by atoms with Gasteiger partial charge in [0.1, 0.15) is 11.5 Å². The van der Waals surface area contributed by atoms with Gasteiger partial charge < -0.3 is 23.4 Å². The van der Waals surface area contributed by atoms with E-state index in [0.29, 0.717) is 0 Å². The van der Waals surface area contributed by atoms with Crippen LogP contribution in [0.3, 0.4) is 0 Å². The minimum absolute atomic E-state index is 0.102. The van der Waals surface area contributed by atoms with Crippen molar-refractivity contribution in [3.05, 3.63) is 23.7 Å². The van der Waals surface area contributed by atoms with Crippen LogP contribution in [0.25, 0.3) is 0 Å². The Morgan fingerprint density at radius 1 is 1.00 bits per heavy atom. The summed E-state index contributed by atoms with van der Waals surface area (Å²) in [6.07, 6.45) is 2.82. The lowest BCUT2D eigenvalue weighted by atomic mass is 10.5. The molecule has 0 fully saturated rings. The van der Waals surface area contributed by atoms with Crippen molar-refractivity contribution in [2.24, 2.45) is 0 Å². The molecule has 0 aliphatic rings. The lowest BCUT2D eigenvalue weighted by Gasteiger charge is -2.31. The Kier molecular flexibility index (Phi) is 6.16. The van der Waals surface area contributed by atoms with E-state index in [9.17, 15) is 18.9 Å². The predicted molar refractivity (Wildman–Crippen MR) is 57.3 cm³/mol. The Morgan fingerprint density at radius 2 is 1.35 bits per heavy atom. The molecule has 0 atom stereocenters. The van der Waals surface area contributed by atoms with Crippen molar-refractivity contribution in [1.82, 2.24) is 0 Å². The van der Waals surface area contributed by atoms with Crippen molar-refractivity contribution >= 4 is 15.6 Å². The Bertz CT molecular complexity index is 382. The van der Waals surface area contributed by atoms with E-state index in [1.165, 1.54) is 26.0 Å². The van der Waals surface area contributed by atoms with Gasteiger partial charge in [0.25, 0.3) is 0 Å². The highest BCUT2D eigenvalue weighted by Gasteiger charge is 2.32. The Hall–Kier alpha value is -0.580. The highest BCUT2D eigenvalue weighted by atomic mass is 31.3. The molecule has 0 N–H and O–H groups in total. The number of phosphoric acid groups is 2. The third kappa shape index (κ3) is 7.36. The molecule has 0 aromatic rings. The molecule has 0 aromatic heterocycles. The summed E-state index contributed by atoms with van der Waals surface area (Å²) in [4.78, 5) is 20.9. The van der Waals surface area contributed by atoms with Crippen molar-refractivity contribution in [3.63, 3.8) is 0 Å². The first-order chi connectivity index (χ1) is 7.62. The standard InChI is InChI=1S/C8H16O7P2/c1-5-7(3)13-17(12,14-8(4)6-2)15-16(9,10)11/h5-6H,1-4H3,(H2,9,10,11)/p-2. The van der Waals surface area contributed by atoms with Crippen molar-refractivity contribution in [1.29, 1.82) is 0 Å². The van der Waals surface area contributed by atoms with Crippen LogP contribution in [-0.2, 0) is 22.5 Å². The molecule has 0 amide bonds. The van der Waals surface area contributed by atoms with Crippen LogP contribution in [0, 0.1) is 0 Å². The minimum atomic E-state index is -5.49.